The van der Waals surface area contributed by atoms with Crippen molar-refractivity contribution in [2.24, 2.45) is 0 Å². The Labute approximate surface area is 178 Å². The van der Waals surface area contributed by atoms with Crippen LogP contribution in [-0.2, 0) is 24.1 Å². The van der Waals surface area contributed by atoms with E-state index in [4.69, 9.17) is 9.47 Å². The molecule has 2 aromatic rings. The van der Waals surface area contributed by atoms with Gasteiger partial charge in [0.1, 0.15) is 6.61 Å². The molecule has 4 rings (SSSR count). The largest absolute Gasteiger partial charge is 0.475 e. The summed E-state index contributed by atoms with van der Waals surface area (Å²) in [5, 5.41) is 3.00. The topological polar surface area (TPSA) is 63.7 Å². The van der Waals surface area contributed by atoms with Crippen LogP contribution in [0.1, 0.15) is 46.3 Å². The van der Waals surface area contributed by atoms with E-state index in [1.54, 1.807) is 25.4 Å². The Morgan fingerprint density at radius 2 is 1.97 bits per heavy atom. The van der Waals surface area contributed by atoms with Crippen LogP contribution in [0.15, 0.2) is 36.5 Å². The number of aromatic nitrogens is 1. The van der Waals surface area contributed by atoms with E-state index >= 15 is 0 Å². The van der Waals surface area contributed by atoms with Gasteiger partial charge in [0.25, 0.3) is 5.91 Å². The predicted molar refractivity (Wildman–Crippen MR) is 116 cm³/mol. The van der Waals surface area contributed by atoms with Crippen molar-refractivity contribution in [3.63, 3.8) is 0 Å². The Morgan fingerprint density at radius 1 is 1.13 bits per heavy atom. The first-order valence-electron chi connectivity index (χ1n) is 10.9. The van der Waals surface area contributed by atoms with Gasteiger partial charge < -0.3 is 14.8 Å². The highest BCUT2D eigenvalue weighted by Gasteiger charge is 2.26. The number of ether oxygens (including phenoxy) is 2. The van der Waals surface area contributed by atoms with Crippen molar-refractivity contribution >= 4 is 5.91 Å². The van der Waals surface area contributed by atoms with Crippen molar-refractivity contribution < 1.29 is 14.3 Å². The molecule has 2 heterocycles. The predicted octanol–water partition coefficient (Wildman–Crippen LogP) is 2.99. The first-order valence-corrected chi connectivity index (χ1v) is 10.9. The molecule has 1 aliphatic carbocycles. The number of carbonyl (C=O) groups is 1. The Bertz CT molecular complexity index is 849. The van der Waals surface area contributed by atoms with Gasteiger partial charge in [-0.15, -0.1) is 0 Å². The molecule has 0 bridgehead atoms. The lowest BCUT2D eigenvalue weighted by molar-refractivity contribution is 0.0950. The van der Waals surface area contributed by atoms with E-state index in [2.05, 4.69) is 33.4 Å². The first-order chi connectivity index (χ1) is 14.7. The minimum Gasteiger partial charge on any atom is -0.475 e. The van der Waals surface area contributed by atoms with E-state index in [1.807, 2.05) is 0 Å². The zero-order chi connectivity index (χ0) is 20.8. The molecule has 1 saturated carbocycles. The number of rotatable bonds is 8. The average Bonchev–Trinajstić information content (AvgIpc) is 2.94. The lowest BCUT2D eigenvalue weighted by Gasteiger charge is -2.36. The number of methoxy groups -OCH3 is 1. The second kappa shape index (κ2) is 10.0. The number of pyridine rings is 1. The number of fused-ring (bicyclic) bond motifs is 1. The van der Waals surface area contributed by atoms with Gasteiger partial charge in [-0.2, -0.15) is 0 Å². The van der Waals surface area contributed by atoms with Gasteiger partial charge in [-0.05, 0) is 48.4 Å². The molecule has 1 aliphatic heterocycles. The summed E-state index contributed by atoms with van der Waals surface area (Å²) in [5.41, 5.74) is 4.56. The van der Waals surface area contributed by atoms with Crippen molar-refractivity contribution in [1.82, 2.24) is 15.2 Å². The van der Waals surface area contributed by atoms with Crippen molar-refractivity contribution in [3.05, 3.63) is 58.8 Å². The summed E-state index contributed by atoms with van der Waals surface area (Å²) in [6.07, 6.45) is 7.89. The van der Waals surface area contributed by atoms with Gasteiger partial charge in [0.2, 0.25) is 5.88 Å². The van der Waals surface area contributed by atoms with E-state index in [0.29, 0.717) is 31.2 Å². The molecule has 160 valence electrons. The van der Waals surface area contributed by atoms with Gasteiger partial charge in [-0.3, -0.25) is 9.69 Å². The van der Waals surface area contributed by atoms with Crippen LogP contribution in [0.4, 0.5) is 0 Å². The van der Waals surface area contributed by atoms with E-state index in [9.17, 15) is 4.79 Å². The van der Waals surface area contributed by atoms with Crippen LogP contribution in [0.5, 0.6) is 5.88 Å². The molecule has 0 saturated heterocycles. The van der Waals surface area contributed by atoms with Gasteiger partial charge >= 0.3 is 0 Å². The minimum atomic E-state index is -0.128. The maximum absolute atomic E-state index is 12.5. The zero-order valence-corrected chi connectivity index (χ0v) is 17.7. The number of amides is 1. The van der Waals surface area contributed by atoms with Crippen LogP contribution in [0, 0.1) is 0 Å². The lowest BCUT2D eigenvalue weighted by atomic mass is 9.91. The van der Waals surface area contributed by atoms with E-state index in [0.717, 1.165) is 31.0 Å². The Hall–Kier alpha value is -2.44. The molecule has 0 spiro atoms. The van der Waals surface area contributed by atoms with Crippen LogP contribution in [0.2, 0.25) is 0 Å². The van der Waals surface area contributed by atoms with Crippen molar-refractivity contribution in [1.29, 1.82) is 0 Å². The van der Waals surface area contributed by atoms with Crippen LogP contribution < -0.4 is 10.1 Å². The molecule has 6 heteroatoms. The van der Waals surface area contributed by atoms with Crippen LogP contribution >= 0.6 is 0 Å². The highest BCUT2D eigenvalue weighted by atomic mass is 16.5. The van der Waals surface area contributed by atoms with E-state index in [1.165, 1.54) is 36.9 Å². The summed E-state index contributed by atoms with van der Waals surface area (Å²) in [6, 6.07) is 10.9. The summed E-state index contributed by atoms with van der Waals surface area (Å²) in [6.45, 7) is 3.78. The summed E-state index contributed by atoms with van der Waals surface area (Å²) < 4.78 is 10.4. The van der Waals surface area contributed by atoms with Crippen LogP contribution in [0.25, 0.3) is 0 Å². The third kappa shape index (κ3) is 5.18. The third-order valence-electron chi connectivity index (χ3n) is 6.19. The van der Waals surface area contributed by atoms with Gasteiger partial charge in [0.05, 0.1) is 12.2 Å². The number of benzene rings is 1. The third-order valence-corrected chi connectivity index (χ3v) is 6.19. The normalized spacial score (nSPS) is 17.0. The molecule has 0 atom stereocenters. The minimum absolute atomic E-state index is 0.128. The van der Waals surface area contributed by atoms with Crippen molar-refractivity contribution in [3.8, 4) is 5.88 Å². The van der Waals surface area contributed by atoms with Gasteiger partial charge in [-0.25, -0.2) is 4.98 Å². The Morgan fingerprint density at radius 3 is 2.67 bits per heavy atom. The summed E-state index contributed by atoms with van der Waals surface area (Å²) >= 11 is 0. The van der Waals surface area contributed by atoms with Gasteiger partial charge in [0, 0.05) is 45.0 Å². The van der Waals surface area contributed by atoms with E-state index in [-0.39, 0.29) is 5.91 Å². The molecular weight excluding hydrogens is 378 g/mol. The maximum atomic E-state index is 12.5. The van der Waals surface area contributed by atoms with Gasteiger partial charge in [-0.1, -0.05) is 24.6 Å². The molecule has 2 aliphatic rings. The Kier molecular flexibility index (Phi) is 6.97. The molecule has 0 unspecified atom stereocenters. The van der Waals surface area contributed by atoms with Crippen LogP contribution in [0.3, 0.4) is 0 Å². The average molecular weight is 410 g/mol. The summed E-state index contributed by atoms with van der Waals surface area (Å²) in [7, 11) is 1.62. The molecule has 6 nitrogen and oxygen atoms in total. The number of carbonyl (C=O) groups excluding carboxylic acids is 1. The number of nitrogens with one attached hydrogen (secondary N) is 1. The molecule has 1 aromatic carbocycles. The standard InChI is InChI=1S/C24H31N3O3/c1-29-13-14-30-23-8-7-21(17-25-23)24(28)26-16-18-5-6-19-9-11-27(22-3-2-4-22)12-10-20(19)15-18/h5-8,15,17,22H,2-4,9-14,16H2,1H3,(H,26,28). The molecule has 1 N–H and O–H groups in total. The SMILES string of the molecule is COCCOc1ccc(C(=O)NCc2ccc3c(c2)CCN(C2CCC2)CC3)cn1. The summed E-state index contributed by atoms with van der Waals surface area (Å²) in [4.78, 5) is 19.3. The molecular formula is C24H31N3O3. The highest BCUT2D eigenvalue weighted by Crippen LogP contribution is 2.27. The fourth-order valence-corrected chi connectivity index (χ4v) is 4.14. The first kappa shape index (κ1) is 20.8. The molecule has 1 amide bonds. The summed E-state index contributed by atoms with van der Waals surface area (Å²) in [5.74, 6) is 0.363. The Balaban J connectivity index is 1.30. The molecule has 1 fully saturated rings. The second-order valence-corrected chi connectivity index (χ2v) is 8.13. The second-order valence-electron chi connectivity index (χ2n) is 8.13. The number of hydrogen-bond donors (Lipinski definition) is 1. The van der Waals surface area contributed by atoms with Gasteiger partial charge in [0.15, 0.2) is 0 Å². The fourth-order valence-electron chi connectivity index (χ4n) is 4.14. The molecule has 1 aromatic heterocycles. The monoisotopic (exact) mass is 409 g/mol. The molecule has 30 heavy (non-hydrogen) atoms. The lowest BCUT2D eigenvalue weighted by Crippen LogP contribution is -2.41. The number of nitrogens with zero attached hydrogens (tertiary/aromatic N) is 2. The number of hydrogen-bond acceptors (Lipinski definition) is 5. The van der Waals surface area contributed by atoms with Crippen molar-refractivity contribution in [2.75, 3.05) is 33.4 Å². The highest BCUT2D eigenvalue weighted by molar-refractivity contribution is 5.93. The zero-order valence-electron chi connectivity index (χ0n) is 17.7. The maximum Gasteiger partial charge on any atom is 0.253 e. The van der Waals surface area contributed by atoms with E-state index < -0.39 is 0 Å². The quantitative estimate of drug-likeness (QED) is 0.679. The smallest absolute Gasteiger partial charge is 0.253 e. The van der Waals surface area contributed by atoms with Crippen LogP contribution in [-0.4, -0.2) is 55.2 Å². The van der Waals surface area contributed by atoms with Crippen molar-refractivity contribution in [2.45, 2.75) is 44.7 Å². The fraction of sp³-hybridized carbons (Fsp3) is 0.500. The molecule has 0 radical (unpaired) electrons.